The molecule has 78 valence electrons. The first kappa shape index (κ1) is 11.1. The Bertz CT molecular complexity index is 236. The van der Waals surface area contributed by atoms with Gasteiger partial charge in [0.25, 0.3) is 0 Å². The van der Waals surface area contributed by atoms with Gasteiger partial charge in [-0.1, -0.05) is 19.8 Å². The van der Waals surface area contributed by atoms with Crippen molar-refractivity contribution in [3.63, 3.8) is 0 Å². The Labute approximate surface area is 85.9 Å². The molecule has 0 bridgehead atoms. The second kappa shape index (κ2) is 6.49. The van der Waals surface area contributed by atoms with Crippen molar-refractivity contribution in [2.45, 2.75) is 45.7 Å². The summed E-state index contributed by atoms with van der Waals surface area (Å²) in [7, 11) is 0. The molecule has 1 atom stereocenters. The van der Waals surface area contributed by atoms with Crippen LogP contribution in [0.2, 0.25) is 0 Å². The first-order chi connectivity index (χ1) is 6.83. The molecule has 3 heteroatoms. The molecule has 1 aromatic heterocycles. The van der Waals surface area contributed by atoms with Gasteiger partial charge in [-0.05, 0) is 25.5 Å². The minimum absolute atomic E-state index is 0.567. The van der Waals surface area contributed by atoms with Gasteiger partial charge in [-0.3, -0.25) is 0 Å². The zero-order valence-corrected chi connectivity index (χ0v) is 9.03. The largest absolute Gasteiger partial charge is 0.309 e. The molecule has 1 rings (SSSR count). The van der Waals surface area contributed by atoms with Crippen LogP contribution in [0.5, 0.6) is 0 Å². The van der Waals surface area contributed by atoms with Gasteiger partial charge in [0.15, 0.2) is 0 Å². The average molecular weight is 193 g/mol. The van der Waals surface area contributed by atoms with E-state index in [9.17, 15) is 0 Å². The topological polar surface area (TPSA) is 37.8 Å². The SMILES string of the molecule is CCCCC(C)NCc1cccnn1. The Kier molecular flexibility index (Phi) is 5.15. The molecular formula is C11H19N3. The number of nitrogens with zero attached hydrogens (tertiary/aromatic N) is 2. The molecule has 0 fully saturated rings. The standard InChI is InChI=1S/C11H19N3/c1-3-4-6-10(2)12-9-11-7-5-8-13-14-11/h5,7-8,10,12H,3-4,6,9H2,1-2H3. The van der Waals surface area contributed by atoms with E-state index in [0.29, 0.717) is 6.04 Å². The van der Waals surface area contributed by atoms with Crippen LogP contribution >= 0.6 is 0 Å². The summed E-state index contributed by atoms with van der Waals surface area (Å²) in [6.45, 7) is 5.25. The number of hydrogen-bond donors (Lipinski definition) is 1. The summed E-state index contributed by atoms with van der Waals surface area (Å²) in [6, 6.07) is 4.48. The van der Waals surface area contributed by atoms with Crippen LogP contribution in [0, 0.1) is 0 Å². The van der Waals surface area contributed by atoms with Crippen LogP contribution in [0.25, 0.3) is 0 Å². The van der Waals surface area contributed by atoms with Crippen LogP contribution in [0.15, 0.2) is 18.3 Å². The average Bonchev–Trinajstić information content (AvgIpc) is 2.25. The molecule has 14 heavy (non-hydrogen) atoms. The lowest BCUT2D eigenvalue weighted by molar-refractivity contribution is 0.490. The molecule has 1 N–H and O–H groups in total. The van der Waals surface area contributed by atoms with Crippen molar-refractivity contribution in [3.05, 3.63) is 24.0 Å². The van der Waals surface area contributed by atoms with Crippen LogP contribution in [0.1, 0.15) is 38.8 Å². The third-order valence-corrected chi connectivity index (χ3v) is 2.25. The quantitative estimate of drug-likeness (QED) is 0.752. The van der Waals surface area contributed by atoms with E-state index >= 15 is 0 Å². The van der Waals surface area contributed by atoms with E-state index in [1.165, 1.54) is 19.3 Å². The molecule has 3 nitrogen and oxygen atoms in total. The molecule has 0 aliphatic rings. The molecule has 0 saturated carbocycles. The number of aromatic nitrogens is 2. The maximum atomic E-state index is 4.02. The fourth-order valence-corrected chi connectivity index (χ4v) is 1.32. The summed E-state index contributed by atoms with van der Waals surface area (Å²) in [4.78, 5) is 0. The number of hydrogen-bond acceptors (Lipinski definition) is 3. The highest BCUT2D eigenvalue weighted by Gasteiger charge is 2.00. The van der Waals surface area contributed by atoms with Crippen LogP contribution in [0.4, 0.5) is 0 Å². The fraction of sp³-hybridized carbons (Fsp3) is 0.636. The second-order valence-electron chi connectivity index (χ2n) is 3.64. The number of unbranched alkanes of at least 4 members (excludes halogenated alkanes) is 1. The van der Waals surface area contributed by atoms with Crippen LogP contribution in [-0.4, -0.2) is 16.2 Å². The Hall–Kier alpha value is -0.960. The van der Waals surface area contributed by atoms with E-state index < -0.39 is 0 Å². The Morgan fingerprint density at radius 3 is 3.00 bits per heavy atom. The smallest absolute Gasteiger partial charge is 0.0769 e. The van der Waals surface area contributed by atoms with E-state index in [0.717, 1.165) is 12.2 Å². The van der Waals surface area contributed by atoms with Gasteiger partial charge in [0, 0.05) is 18.8 Å². The van der Waals surface area contributed by atoms with E-state index in [4.69, 9.17) is 0 Å². The minimum Gasteiger partial charge on any atom is -0.309 e. The molecule has 0 spiro atoms. The molecular weight excluding hydrogens is 174 g/mol. The van der Waals surface area contributed by atoms with Gasteiger partial charge in [-0.15, -0.1) is 0 Å². The molecule has 0 saturated heterocycles. The summed E-state index contributed by atoms with van der Waals surface area (Å²) in [6.07, 6.45) is 5.48. The molecule has 1 aromatic rings. The van der Waals surface area contributed by atoms with Crippen molar-refractivity contribution >= 4 is 0 Å². The second-order valence-corrected chi connectivity index (χ2v) is 3.64. The number of nitrogens with one attached hydrogen (secondary N) is 1. The summed E-state index contributed by atoms with van der Waals surface area (Å²) in [5.74, 6) is 0. The predicted octanol–water partition coefficient (Wildman–Crippen LogP) is 2.14. The number of rotatable bonds is 6. The predicted molar refractivity (Wildman–Crippen MR) is 57.9 cm³/mol. The molecule has 1 unspecified atom stereocenters. The van der Waals surface area contributed by atoms with E-state index in [1.807, 2.05) is 12.1 Å². The molecule has 0 aliphatic carbocycles. The Morgan fingerprint density at radius 2 is 2.36 bits per heavy atom. The van der Waals surface area contributed by atoms with E-state index in [-0.39, 0.29) is 0 Å². The first-order valence-electron chi connectivity index (χ1n) is 5.33. The van der Waals surface area contributed by atoms with Crippen molar-refractivity contribution in [2.24, 2.45) is 0 Å². The van der Waals surface area contributed by atoms with Gasteiger partial charge < -0.3 is 5.32 Å². The summed E-state index contributed by atoms with van der Waals surface area (Å²) in [5.41, 5.74) is 1.01. The van der Waals surface area contributed by atoms with Crippen molar-refractivity contribution in [1.82, 2.24) is 15.5 Å². The highest BCUT2D eigenvalue weighted by atomic mass is 15.1. The fourth-order valence-electron chi connectivity index (χ4n) is 1.32. The lowest BCUT2D eigenvalue weighted by Crippen LogP contribution is -2.25. The van der Waals surface area contributed by atoms with Crippen molar-refractivity contribution in [2.75, 3.05) is 0 Å². The zero-order chi connectivity index (χ0) is 10.2. The molecule has 0 aromatic carbocycles. The van der Waals surface area contributed by atoms with Gasteiger partial charge in [-0.2, -0.15) is 10.2 Å². The van der Waals surface area contributed by atoms with Gasteiger partial charge in [0.05, 0.1) is 5.69 Å². The summed E-state index contributed by atoms with van der Waals surface area (Å²) >= 11 is 0. The zero-order valence-electron chi connectivity index (χ0n) is 9.03. The van der Waals surface area contributed by atoms with Crippen LogP contribution in [-0.2, 0) is 6.54 Å². The molecule has 0 aliphatic heterocycles. The minimum atomic E-state index is 0.567. The summed E-state index contributed by atoms with van der Waals surface area (Å²) in [5, 5.41) is 11.3. The normalized spacial score (nSPS) is 12.7. The van der Waals surface area contributed by atoms with Gasteiger partial charge >= 0.3 is 0 Å². The highest BCUT2D eigenvalue weighted by molar-refractivity contribution is 4.98. The summed E-state index contributed by atoms with van der Waals surface area (Å²) < 4.78 is 0. The first-order valence-corrected chi connectivity index (χ1v) is 5.33. The third-order valence-electron chi connectivity index (χ3n) is 2.25. The van der Waals surface area contributed by atoms with Gasteiger partial charge in [0.2, 0.25) is 0 Å². The van der Waals surface area contributed by atoms with Crippen molar-refractivity contribution in [1.29, 1.82) is 0 Å². The van der Waals surface area contributed by atoms with Crippen LogP contribution in [0.3, 0.4) is 0 Å². The maximum Gasteiger partial charge on any atom is 0.0769 e. The van der Waals surface area contributed by atoms with Crippen LogP contribution < -0.4 is 5.32 Å². The lowest BCUT2D eigenvalue weighted by Gasteiger charge is -2.12. The van der Waals surface area contributed by atoms with Crippen molar-refractivity contribution < 1.29 is 0 Å². The van der Waals surface area contributed by atoms with Crippen molar-refractivity contribution in [3.8, 4) is 0 Å². The van der Waals surface area contributed by atoms with E-state index in [2.05, 4.69) is 29.4 Å². The maximum absolute atomic E-state index is 4.02. The molecule has 0 radical (unpaired) electrons. The van der Waals surface area contributed by atoms with Gasteiger partial charge in [0.1, 0.15) is 0 Å². The molecule has 0 amide bonds. The Balaban J connectivity index is 2.20. The van der Waals surface area contributed by atoms with E-state index in [1.54, 1.807) is 6.20 Å². The monoisotopic (exact) mass is 193 g/mol. The Morgan fingerprint density at radius 1 is 1.50 bits per heavy atom. The van der Waals surface area contributed by atoms with Gasteiger partial charge in [-0.25, -0.2) is 0 Å². The lowest BCUT2D eigenvalue weighted by atomic mass is 10.1. The molecule has 1 heterocycles. The highest BCUT2D eigenvalue weighted by Crippen LogP contribution is 2.00. The third kappa shape index (κ3) is 4.33.